The molecule has 0 radical (unpaired) electrons. The highest BCUT2D eigenvalue weighted by atomic mass is 28.4. The molecule has 1 aliphatic heterocycles. The van der Waals surface area contributed by atoms with Gasteiger partial charge in [0.15, 0.2) is 19.5 Å². The summed E-state index contributed by atoms with van der Waals surface area (Å²) in [6, 6.07) is 2.26. The maximum Gasteiger partial charge on any atom is 0.329 e. The number of rotatable bonds is 9. The van der Waals surface area contributed by atoms with Crippen molar-refractivity contribution in [1.29, 1.82) is 5.26 Å². The molecule has 1 aliphatic carbocycles. The average molecular weight is 458 g/mol. The number of carbonyl (C=O) groups is 1. The molecule has 31 heavy (non-hydrogen) atoms. The minimum absolute atomic E-state index is 0.0151. The number of hydrogen-bond donors (Lipinski definition) is 0. The first-order chi connectivity index (χ1) is 14.5. The molecule has 1 saturated carbocycles. The summed E-state index contributed by atoms with van der Waals surface area (Å²) in [6.07, 6.45) is 1.35. The van der Waals surface area contributed by atoms with Crippen molar-refractivity contribution < 1.29 is 32.9 Å². The third-order valence-electron chi connectivity index (χ3n) is 6.86. The first kappa shape index (κ1) is 26.2. The SMILES string of the molecule is CCOC(=O)C(C#N)(COCOC)[C@@H]1CC2(CC[C@@H]1O[Si](C)(C)C(C)(C)C)OCCO2. The Kier molecular flexibility index (Phi) is 8.70. The van der Waals surface area contributed by atoms with E-state index in [1.165, 1.54) is 7.11 Å². The molecule has 3 atom stereocenters. The smallest absolute Gasteiger partial charge is 0.329 e. The van der Waals surface area contributed by atoms with Gasteiger partial charge in [0.1, 0.15) is 6.79 Å². The van der Waals surface area contributed by atoms with Crippen molar-refractivity contribution in [1.82, 2.24) is 0 Å². The van der Waals surface area contributed by atoms with Gasteiger partial charge in [0.2, 0.25) is 0 Å². The number of carbonyl (C=O) groups excluding carboxylic acids is 1. The summed E-state index contributed by atoms with van der Waals surface area (Å²) in [7, 11) is -0.679. The van der Waals surface area contributed by atoms with E-state index >= 15 is 0 Å². The van der Waals surface area contributed by atoms with Gasteiger partial charge in [0, 0.05) is 25.9 Å². The fourth-order valence-electron chi connectivity index (χ4n) is 4.10. The number of hydrogen-bond acceptors (Lipinski definition) is 8. The van der Waals surface area contributed by atoms with Gasteiger partial charge in [-0.25, -0.2) is 0 Å². The molecular weight excluding hydrogens is 418 g/mol. The third-order valence-corrected chi connectivity index (χ3v) is 11.4. The van der Waals surface area contributed by atoms with Crippen LogP contribution in [0.25, 0.3) is 0 Å². The van der Waals surface area contributed by atoms with Crippen LogP contribution in [0.15, 0.2) is 0 Å². The highest BCUT2D eigenvalue weighted by molar-refractivity contribution is 6.74. The van der Waals surface area contributed by atoms with E-state index in [0.29, 0.717) is 32.5 Å². The van der Waals surface area contributed by atoms with E-state index < -0.39 is 31.4 Å². The summed E-state index contributed by atoms with van der Waals surface area (Å²) in [5, 5.41) is 10.3. The van der Waals surface area contributed by atoms with Gasteiger partial charge in [-0.2, -0.15) is 5.26 Å². The summed E-state index contributed by atoms with van der Waals surface area (Å²) < 4.78 is 34.7. The Bertz CT molecular complexity index is 651. The standard InChI is InChI=1S/C22H39NO7Si/c1-8-27-19(24)21(14-23,15-26-16-25-5)17-13-22(28-11-12-29-22)10-9-18(17)30-31(6,7)20(2,3)4/h17-18H,8-13,15-16H2,1-7H3/t17-,18+,21?/m1/s1. The van der Waals surface area contributed by atoms with Crippen LogP contribution in [0.4, 0.5) is 0 Å². The van der Waals surface area contributed by atoms with Crippen molar-refractivity contribution in [2.45, 2.75) is 77.0 Å². The van der Waals surface area contributed by atoms with Gasteiger partial charge < -0.3 is 28.1 Å². The largest absolute Gasteiger partial charge is 0.465 e. The predicted octanol–water partition coefficient (Wildman–Crippen LogP) is 3.61. The maximum absolute atomic E-state index is 13.2. The van der Waals surface area contributed by atoms with Crippen molar-refractivity contribution >= 4 is 14.3 Å². The molecule has 8 nitrogen and oxygen atoms in total. The lowest BCUT2D eigenvalue weighted by molar-refractivity contribution is -0.218. The molecule has 0 N–H and O–H groups in total. The Morgan fingerprint density at radius 3 is 2.42 bits per heavy atom. The van der Waals surface area contributed by atoms with Crippen molar-refractivity contribution in [3.63, 3.8) is 0 Å². The van der Waals surface area contributed by atoms with Crippen LogP contribution in [-0.4, -0.2) is 66.5 Å². The monoisotopic (exact) mass is 457 g/mol. The second-order valence-corrected chi connectivity index (χ2v) is 14.7. The summed E-state index contributed by atoms with van der Waals surface area (Å²) in [4.78, 5) is 13.2. The van der Waals surface area contributed by atoms with Gasteiger partial charge in [-0.05, 0) is 31.5 Å². The Labute approximate surface area is 187 Å². The van der Waals surface area contributed by atoms with Crippen LogP contribution in [0.2, 0.25) is 18.1 Å². The quantitative estimate of drug-likeness (QED) is 0.224. The van der Waals surface area contributed by atoms with E-state index in [9.17, 15) is 10.1 Å². The first-order valence-electron chi connectivity index (χ1n) is 11.1. The number of ether oxygens (including phenoxy) is 5. The molecule has 2 aliphatic rings. The van der Waals surface area contributed by atoms with Crippen LogP contribution in [0.5, 0.6) is 0 Å². The lowest BCUT2D eigenvalue weighted by Gasteiger charge is -2.49. The van der Waals surface area contributed by atoms with Crippen molar-refractivity contribution in [2.24, 2.45) is 11.3 Å². The Morgan fingerprint density at radius 1 is 1.26 bits per heavy atom. The molecule has 0 aromatic rings. The molecule has 9 heteroatoms. The van der Waals surface area contributed by atoms with Gasteiger partial charge in [0.25, 0.3) is 0 Å². The maximum atomic E-state index is 13.2. The van der Waals surface area contributed by atoms with E-state index in [1.807, 2.05) is 0 Å². The van der Waals surface area contributed by atoms with Gasteiger partial charge in [-0.1, -0.05) is 20.8 Å². The minimum Gasteiger partial charge on any atom is -0.465 e. The molecular formula is C22H39NO7Si. The van der Waals surface area contributed by atoms with Gasteiger partial charge in [-0.3, -0.25) is 4.79 Å². The highest BCUT2D eigenvalue weighted by Crippen LogP contribution is 2.50. The summed E-state index contributed by atoms with van der Waals surface area (Å²) in [6.45, 7) is 13.6. The average Bonchev–Trinajstić information content (AvgIpc) is 3.14. The van der Waals surface area contributed by atoms with E-state index in [1.54, 1.807) is 6.92 Å². The van der Waals surface area contributed by atoms with Crippen molar-refractivity contribution in [3.8, 4) is 6.07 Å². The van der Waals surface area contributed by atoms with Crippen LogP contribution < -0.4 is 0 Å². The molecule has 1 unspecified atom stereocenters. The lowest BCUT2D eigenvalue weighted by atomic mass is 9.66. The van der Waals surface area contributed by atoms with Crippen molar-refractivity contribution in [3.05, 3.63) is 0 Å². The Morgan fingerprint density at radius 2 is 1.90 bits per heavy atom. The van der Waals surface area contributed by atoms with Gasteiger partial charge in [-0.15, -0.1) is 0 Å². The molecule has 1 spiro atoms. The molecule has 0 aromatic carbocycles. The number of methoxy groups -OCH3 is 1. The van der Waals surface area contributed by atoms with Crippen LogP contribution >= 0.6 is 0 Å². The second kappa shape index (κ2) is 10.3. The molecule has 0 amide bonds. The fourth-order valence-corrected chi connectivity index (χ4v) is 5.50. The van der Waals surface area contributed by atoms with Crippen molar-refractivity contribution in [2.75, 3.05) is 40.3 Å². The molecule has 0 aromatic heterocycles. The summed E-state index contributed by atoms with van der Waals surface area (Å²) >= 11 is 0. The van der Waals surface area contributed by atoms with Gasteiger partial charge in [0.05, 0.1) is 38.6 Å². The fraction of sp³-hybridized carbons (Fsp3) is 0.909. The molecule has 178 valence electrons. The molecule has 2 fully saturated rings. The minimum atomic E-state index is -2.18. The second-order valence-electron chi connectivity index (χ2n) is 9.93. The summed E-state index contributed by atoms with van der Waals surface area (Å²) in [5.74, 6) is -1.90. The number of nitriles is 1. The van der Waals surface area contributed by atoms with Crippen LogP contribution in [-0.2, 0) is 32.9 Å². The van der Waals surface area contributed by atoms with E-state index in [4.69, 9.17) is 28.1 Å². The molecule has 2 rings (SSSR count). The van der Waals surface area contributed by atoms with Crippen LogP contribution in [0, 0.1) is 22.7 Å². The highest BCUT2D eigenvalue weighted by Gasteiger charge is 2.59. The van der Waals surface area contributed by atoms with Crippen LogP contribution in [0.3, 0.4) is 0 Å². The molecule has 0 bridgehead atoms. The molecule has 1 saturated heterocycles. The van der Waals surface area contributed by atoms with E-state index in [0.717, 1.165) is 0 Å². The first-order valence-corrected chi connectivity index (χ1v) is 14.0. The Balaban J connectivity index is 2.46. The topological polar surface area (TPSA) is 96.2 Å². The number of esters is 1. The zero-order valence-corrected chi connectivity index (χ0v) is 21.1. The third kappa shape index (κ3) is 5.67. The normalized spacial score (nSPS) is 25.7. The Hall–Kier alpha value is -1.02. The molecule has 1 heterocycles. The number of nitrogens with zero attached hydrogens (tertiary/aromatic N) is 1. The predicted molar refractivity (Wildman–Crippen MR) is 117 cm³/mol. The lowest BCUT2D eigenvalue weighted by Crippen LogP contribution is -2.57. The summed E-state index contributed by atoms with van der Waals surface area (Å²) in [5.41, 5.74) is -1.55. The van der Waals surface area contributed by atoms with E-state index in [-0.39, 0.29) is 31.1 Å². The van der Waals surface area contributed by atoms with E-state index in [2.05, 4.69) is 39.9 Å². The zero-order valence-electron chi connectivity index (χ0n) is 20.1. The zero-order chi connectivity index (χ0) is 23.3. The van der Waals surface area contributed by atoms with Crippen LogP contribution in [0.1, 0.15) is 47.0 Å². The van der Waals surface area contributed by atoms with Gasteiger partial charge >= 0.3 is 5.97 Å².